The van der Waals surface area contributed by atoms with Gasteiger partial charge in [-0.2, -0.15) is 0 Å². The van der Waals surface area contributed by atoms with Crippen molar-refractivity contribution < 1.29 is 24.5 Å². The second-order valence-electron chi connectivity index (χ2n) is 15.1. The van der Waals surface area contributed by atoms with Gasteiger partial charge in [0.1, 0.15) is 6.10 Å². The highest BCUT2D eigenvalue weighted by Gasteiger charge is 2.24. The second-order valence-corrected chi connectivity index (χ2v) is 15.1. The minimum Gasteiger partial charge on any atom is -0.462 e. The molecule has 0 aromatic rings. The Bertz CT molecular complexity index is 757. The van der Waals surface area contributed by atoms with Gasteiger partial charge in [0.2, 0.25) is 5.91 Å². The molecule has 0 aliphatic carbocycles. The van der Waals surface area contributed by atoms with Gasteiger partial charge in [-0.05, 0) is 44.9 Å². The van der Waals surface area contributed by atoms with E-state index >= 15 is 0 Å². The summed E-state index contributed by atoms with van der Waals surface area (Å²) in [6, 6.07) is -0.696. The van der Waals surface area contributed by atoms with E-state index in [0.29, 0.717) is 19.3 Å². The van der Waals surface area contributed by atoms with Gasteiger partial charge in [-0.3, -0.25) is 9.59 Å². The van der Waals surface area contributed by atoms with Crippen molar-refractivity contribution in [3.63, 3.8) is 0 Å². The van der Waals surface area contributed by atoms with Crippen LogP contribution in [-0.4, -0.2) is 46.9 Å². The van der Waals surface area contributed by atoms with Crippen LogP contribution in [0.5, 0.6) is 0 Å². The predicted octanol–water partition coefficient (Wildman–Crippen LogP) is 12.2. The van der Waals surface area contributed by atoms with E-state index in [1.165, 1.54) is 122 Å². The molecular formula is C44H85NO5. The van der Waals surface area contributed by atoms with Crippen molar-refractivity contribution >= 4 is 11.9 Å². The summed E-state index contributed by atoms with van der Waals surface area (Å²) >= 11 is 0. The summed E-state index contributed by atoms with van der Waals surface area (Å²) in [5.74, 6) is -0.486. The first kappa shape index (κ1) is 48.6. The van der Waals surface area contributed by atoms with Gasteiger partial charge in [-0.15, -0.1) is 0 Å². The van der Waals surface area contributed by atoms with Crippen LogP contribution in [-0.2, 0) is 14.3 Å². The molecule has 3 N–H and O–H groups in total. The maximum atomic E-state index is 13.0. The maximum Gasteiger partial charge on any atom is 0.306 e. The highest BCUT2D eigenvalue weighted by Crippen LogP contribution is 2.17. The summed E-state index contributed by atoms with van der Waals surface area (Å²) in [6.45, 7) is 6.39. The zero-order chi connectivity index (χ0) is 36.8. The fraction of sp³-hybridized carbons (Fsp3) is 0.909. The highest BCUT2D eigenvalue weighted by molar-refractivity contribution is 5.77. The Labute approximate surface area is 310 Å². The minimum absolute atomic E-state index is 0.0717. The molecule has 0 aliphatic heterocycles. The van der Waals surface area contributed by atoms with Crippen molar-refractivity contribution in [2.45, 2.75) is 251 Å². The fourth-order valence-corrected chi connectivity index (χ4v) is 6.73. The van der Waals surface area contributed by atoms with E-state index in [1.54, 1.807) is 0 Å². The van der Waals surface area contributed by atoms with Gasteiger partial charge in [-0.1, -0.05) is 187 Å². The van der Waals surface area contributed by atoms with Crippen LogP contribution >= 0.6 is 0 Å². The Morgan fingerprint density at radius 3 is 1.50 bits per heavy atom. The lowest BCUT2D eigenvalue weighted by atomic mass is 10.0. The third-order valence-corrected chi connectivity index (χ3v) is 10.1. The SMILES string of the molecule is CCC/C=C\CCCCCC(CC(=O)NC(CO)C(O)CCCCCCCCCCCCC)OC(=O)CCCCCCCCCCCCCC. The number of aliphatic hydroxyl groups is 2. The molecule has 0 aromatic heterocycles. The molecule has 0 fully saturated rings. The van der Waals surface area contributed by atoms with Crippen molar-refractivity contribution in [3.05, 3.63) is 12.2 Å². The Hall–Kier alpha value is -1.40. The number of nitrogens with one attached hydrogen (secondary N) is 1. The number of aliphatic hydroxyl groups excluding tert-OH is 2. The number of ether oxygens (including phenoxy) is 1. The average molecular weight is 708 g/mol. The summed E-state index contributed by atoms with van der Waals surface area (Å²) in [7, 11) is 0. The maximum absolute atomic E-state index is 13.0. The Morgan fingerprint density at radius 2 is 1.00 bits per heavy atom. The van der Waals surface area contributed by atoms with Gasteiger partial charge in [0.25, 0.3) is 0 Å². The molecule has 0 heterocycles. The van der Waals surface area contributed by atoms with Crippen LogP contribution < -0.4 is 5.32 Å². The molecule has 50 heavy (non-hydrogen) atoms. The van der Waals surface area contributed by atoms with Crippen molar-refractivity contribution in [1.82, 2.24) is 5.32 Å². The van der Waals surface area contributed by atoms with E-state index in [4.69, 9.17) is 4.74 Å². The van der Waals surface area contributed by atoms with Crippen molar-refractivity contribution in [1.29, 1.82) is 0 Å². The van der Waals surface area contributed by atoms with E-state index in [9.17, 15) is 19.8 Å². The largest absolute Gasteiger partial charge is 0.462 e. The van der Waals surface area contributed by atoms with Gasteiger partial charge < -0.3 is 20.3 Å². The van der Waals surface area contributed by atoms with Gasteiger partial charge >= 0.3 is 5.97 Å². The first-order valence-corrected chi connectivity index (χ1v) is 21.9. The van der Waals surface area contributed by atoms with Crippen LogP contribution in [0.2, 0.25) is 0 Å². The van der Waals surface area contributed by atoms with Gasteiger partial charge in [0, 0.05) is 6.42 Å². The lowest BCUT2D eigenvalue weighted by Crippen LogP contribution is -2.46. The van der Waals surface area contributed by atoms with Crippen molar-refractivity contribution in [3.8, 4) is 0 Å². The van der Waals surface area contributed by atoms with E-state index in [2.05, 4.69) is 38.2 Å². The standard InChI is InChI=1S/C44H85NO5/c1-4-7-10-13-16-19-21-23-25-28-31-34-37-44(49)50-40(35-32-29-26-18-15-12-9-6-3)38-43(48)45-41(39-46)42(47)36-33-30-27-24-22-20-17-14-11-8-5-2/h12,15,40-42,46-47H,4-11,13-14,16-39H2,1-3H3,(H,45,48)/b15-12-. The fourth-order valence-electron chi connectivity index (χ4n) is 6.73. The number of hydrogen-bond acceptors (Lipinski definition) is 5. The number of amides is 1. The van der Waals surface area contributed by atoms with Crippen LogP contribution in [0.4, 0.5) is 0 Å². The van der Waals surface area contributed by atoms with Crippen LogP contribution in [0.3, 0.4) is 0 Å². The molecule has 0 saturated carbocycles. The Kier molecular flexibility index (Phi) is 37.7. The quantitative estimate of drug-likeness (QED) is 0.0336. The lowest BCUT2D eigenvalue weighted by molar-refractivity contribution is -0.151. The molecule has 0 rings (SSSR count). The molecule has 3 atom stereocenters. The number of carbonyl (C=O) groups excluding carboxylic acids is 2. The average Bonchev–Trinajstić information content (AvgIpc) is 3.10. The molecule has 3 unspecified atom stereocenters. The first-order valence-electron chi connectivity index (χ1n) is 21.9. The minimum atomic E-state index is -0.782. The Morgan fingerprint density at radius 1 is 0.560 bits per heavy atom. The summed E-state index contributed by atoms with van der Waals surface area (Å²) in [5, 5.41) is 23.5. The summed E-state index contributed by atoms with van der Waals surface area (Å²) in [5.41, 5.74) is 0. The van der Waals surface area contributed by atoms with E-state index in [-0.39, 0.29) is 24.9 Å². The molecular weight excluding hydrogens is 622 g/mol. The van der Waals surface area contributed by atoms with Gasteiger partial charge in [-0.25, -0.2) is 0 Å². The smallest absolute Gasteiger partial charge is 0.306 e. The van der Waals surface area contributed by atoms with Crippen LogP contribution in [0.1, 0.15) is 233 Å². The monoisotopic (exact) mass is 708 g/mol. The molecule has 0 spiro atoms. The summed E-state index contributed by atoms with van der Waals surface area (Å²) in [4.78, 5) is 25.8. The molecule has 0 aromatic carbocycles. The normalized spacial score (nSPS) is 13.5. The molecule has 6 heteroatoms. The predicted molar refractivity (Wildman–Crippen MR) is 213 cm³/mol. The van der Waals surface area contributed by atoms with Gasteiger partial charge in [0.15, 0.2) is 0 Å². The third-order valence-electron chi connectivity index (χ3n) is 10.1. The number of unbranched alkanes of at least 4 members (excludes halogenated alkanes) is 25. The second kappa shape index (κ2) is 38.8. The highest BCUT2D eigenvalue weighted by atomic mass is 16.5. The lowest BCUT2D eigenvalue weighted by Gasteiger charge is -2.24. The van der Waals surface area contributed by atoms with E-state index in [1.807, 2.05) is 0 Å². The molecule has 296 valence electrons. The van der Waals surface area contributed by atoms with Crippen molar-refractivity contribution in [2.75, 3.05) is 6.61 Å². The first-order chi connectivity index (χ1) is 24.5. The number of carbonyl (C=O) groups is 2. The Balaban J connectivity index is 4.50. The van der Waals surface area contributed by atoms with Crippen LogP contribution in [0.15, 0.2) is 12.2 Å². The zero-order valence-corrected chi connectivity index (χ0v) is 33.5. The number of hydrogen-bond donors (Lipinski definition) is 3. The third kappa shape index (κ3) is 33.7. The molecule has 0 aliphatic rings. The van der Waals surface area contributed by atoms with Crippen LogP contribution in [0.25, 0.3) is 0 Å². The number of rotatable bonds is 39. The van der Waals surface area contributed by atoms with E-state index < -0.39 is 18.2 Å². The molecule has 6 nitrogen and oxygen atoms in total. The molecule has 1 amide bonds. The van der Waals surface area contributed by atoms with E-state index in [0.717, 1.165) is 64.2 Å². The van der Waals surface area contributed by atoms with Crippen LogP contribution in [0, 0.1) is 0 Å². The number of esters is 1. The molecule has 0 radical (unpaired) electrons. The number of allylic oxidation sites excluding steroid dienone is 2. The topological polar surface area (TPSA) is 95.9 Å². The molecule has 0 bridgehead atoms. The molecule has 0 saturated heterocycles. The summed E-state index contributed by atoms with van der Waals surface area (Å²) in [6.07, 6.45) is 39.9. The summed E-state index contributed by atoms with van der Waals surface area (Å²) < 4.78 is 5.86. The zero-order valence-electron chi connectivity index (χ0n) is 33.5. The van der Waals surface area contributed by atoms with Gasteiger partial charge in [0.05, 0.1) is 25.2 Å². The van der Waals surface area contributed by atoms with Crippen molar-refractivity contribution in [2.24, 2.45) is 0 Å².